The monoisotopic (exact) mass is 250 g/mol. The molecule has 0 unspecified atom stereocenters. The van der Waals surface area contributed by atoms with Gasteiger partial charge >= 0.3 is 0 Å². The minimum atomic E-state index is 0.664. The van der Waals surface area contributed by atoms with Crippen LogP contribution in [-0.4, -0.2) is 34.6 Å². The van der Waals surface area contributed by atoms with Crippen LogP contribution in [0.25, 0.3) is 0 Å². The molecule has 0 spiro atoms. The van der Waals surface area contributed by atoms with Crippen LogP contribution >= 0.6 is 11.5 Å². The van der Waals surface area contributed by atoms with Gasteiger partial charge in [0.2, 0.25) is 5.13 Å². The molecule has 17 heavy (non-hydrogen) atoms. The third-order valence-corrected chi connectivity index (χ3v) is 2.85. The van der Waals surface area contributed by atoms with Crippen LogP contribution in [0.3, 0.4) is 0 Å². The number of rotatable bonds is 6. The molecule has 5 nitrogen and oxygen atoms in total. The standard InChI is InChI=1S/C11H14N4OS/c1-16-6-5-13-11-14-10(15-17-11)7-9-3-2-4-12-8-9/h2-4,8H,5-7H2,1H3,(H,13,14,15). The van der Waals surface area contributed by atoms with E-state index in [9.17, 15) is 0 Å². The number of anilines is 1. The molecule has 0 amide bonds. The molecule has 1 N–H and O–H groups in total. The maximum atomic E-state index is 4.95. The maximum Gasteiger partial charge on any atom is 0.202 e. The lowest BCUT2D eigenvalue weighted by atomic mass is 10.2. The third kappa shape index (κ3) is 3.76. The van der Waals surface area contributed by atoms with E-state index in [4.69, 9.17) is 4.74 Å². The van der Waals surface area contributed by atoms with Gasteiger partial charge in [-0.25, -0.2) is 4.98 Å². The fourth-order valence-corrected chi connectivity index (χ4v) is 1.95. The van der Waals surface area contributed by atoms with Gasteiger partial charge in [-0.15, -0.1) is 0 Å². The minimum absolute atomic E-state index is 0.664. The van der Waals surface area contributed by atoms with Crippen molar-refractivity contribution in [2.75, 3.05) is 25.6 Å². The smallest absolute Gasteiger partial charge is 0.202 e. The molecule has 2 rings (SSSR count). The Labute approximate surface area is 104 Å². The summed E-state index contributed by atoms with van der Waals surface area (Å²) in [5.74, 6) is 0.822. The minimum Gasteiger partial charge on any atom is -0.383 e. The van der Waals surface area contributed by atoms with Gasteiger partial charge in [0.05, 0.1) is 6.61 Å². The van der Waals surface area contributed by atoms with Crippen molar-refractivity contribution < 1.29 is 4.74 Å². The molecule has 0 radical (unpaired) electrons. The summed E-state index contributed by atoms with van der Waals surface area (Å²) < 4.78 is 9.24. The molecule has 0 aliphatic carbocycles. The number of ether oxygens (including phenoxy) is 1. The molecule has 0 fully saturated rings. The van der Waals surface area contributed by atoms with Gasteiger partial charge in [-0.05, 0) is 11.6 Å². The highest BCUT2D eigenvalue weighted by Gasteiger charge is 2.04. The van der Waals surface area contributed by atoms with E-state index < -0.39 is 0 Å². The van der Waals surface area contributed by atoms with E-state index in [1.54, 1.807) is 13.3 Å². The molecule has 0 saturated heterocycles. The Balaban J connectivity index is 1.90. The quantitative estimate of drug-likeness (QED) is 0.789. The summed E-state index contributed by atoms with van der Waals surface area (Å²) in [6.45, 7) is 1.41. The average molecular weight is 250 g/mol. The number of hydrogen-bond acceptors (Lipinski definition) is 6. The highest BCUT2D eigenvalue weighted by molar-refractivity contribution is 7.09. The molecule has 90 valence electrons. The van der Waals surface area contributed by atoms with Gasteiger partial charge < -0.3 is 10.1 Å². The Morgan fingerprint density at radius 2 is 2.41 bits per heavy atom. The number of nitrogens with one attached hydrogen (secondary N) is 1. The Bertz CT molecular complexity index is 446. The fraction of sp³-hybridized carbons (Fsp3) is 0.364. The largest absolute Gasteiger partial charge is 0.383 e. The van der Waals surface area contributed by atoms with E-state index in [0.717, 1.165) is 29.5 Å². The SMILES string of the molecule is COCCNc1nc(Cc2cccnc2)ns1. The normalized spacial score (nSPS) is 10.4. The highest BCUT2D eigenvalue weighted by Crippen LogP contribution is 2.13. The van der Waals surface area contributed by atoms with Crippen LogP contribution in [0.1, 0.15) is 11.4 Å². The molecule has 2 aromatic rings. The first-order valence-corrected chi connectivity index (χ1v) is 6.10. The van der Waals surface area contributed by atoms with Crippen LogP contribution in [0.5, 0.6) is 0 Å². The summed E-state index contributed by atoms with van der Waals surface area (Å²) in [6, 6.07) is 3.94. The van der Waals surface area contributed by atoms with Gasteiger partial charge in [0.1, 0.15) is 5.82 Å². The van der Waals surface area contributed by atoms with E-state index >= 15 is 0 Å². The topological polar surface area (TPSA) is 59.9 Å². The first-order valence-electron chi connectivity index (χ1n) is 5.33. The van der Waals surface area contributed by atoms with Gasteiger partial charge in [0, 0.05) is 44.0 Å². The lowest BCUT2D eigenvalue weighted by molar-refractivity contribution is 0.211. The van der Waals surface area contributed by atoms with Crippen molar-refractivity contribution in [1.82, 2.24) is 14.3 Å². The summed E-state index contributed by atoms with van der Waals surface area (Å²) in [4.78, 5) is 8.45. The molecule has 0 aliphatic heterocycles. The number of nitrogens with zero attached hydrogens (tertiary/aromatic N) is 3. The molecule has 6 heteroatoms. The fourth-order valence-electron chi connectivity index (χ4n) is 1.34. The highest BCUT2D eigenvalue weighted by atomic mass is 32.1. The number of aromatic nitrogens is 3. The summed E-state index contributed by atoms with van der Waals surface area (Å²) in [6.07, 6.45) is 4.31. The molecule has 0 bridgehead atoms. The zero-order valence-electron chi connectivity index (χ0n) is 9.59. The first kappa shape index (κ1) is 11.9. The molecule has 0 atom stereocenters. The van der Waals surface area contributed by atoms with Crippen molar-refractivity contribution in [3.63, 3.8) is 0 Å². The molecular weight excluding hydrogens is 236 g/mol. The second-order valence-electron chi connectivity index (χ2n) is 3.47. The van der Waals surface area contributed by atoms with E-state index in [2.05, 4.69) is 19.7 Å². The van der Waals surface area contributed by atoms with Crippen LogP contribution in [0.4, 0.5) is 5.13 Å². The van der Waals surface area contributed by atoms with Crippen molar-refractivity contribution in [3.8, 4) is 0 Å². The molecular formula is C11H14N4OS. The third-order valence-electron chi connectivity index (χ3n) is 2.14. The second kappa shape index (κ2) is 6.27. The van der Waals surface area contributed by atoms with E-state index in [-0.39, 0.29) is 0 Å². The Morgan fingerprint density at radius 3 is 3.18 bits per heavy atom. The number of hydrogen-bond donors (Lipinski definition) is 1. The first-order chi connectivity index (χ1) is 8.38. The Morgan fingerprint density at radius 1 is 1.47 bits per heavy atom. The second-order valence-corrected chi connectivity index (χ2v) is 4.23. The number of pyridine rings is 1. The van der Waals surface area contributed by atoms with Crippen LogP contribution in [0.2, 0.25) is 0 Å². The van der Waals surface area contributed by atoms with Gasteiger partial charge in [0.15, 0.2) is 0 Å². The predicted molar refractivity (Wildman–Crippen MR) is 67.3 cm³/mol. The molecule has 0 saturated carbocycles. The molecule has 0 aromatic carbocycles. The summed E-state index contributed by atoms with van der Waals surface area (Å²) in [5, 5.41) is 3.99. The van der Waals surface area contributed by atoms with Crippen LogP contribution in [-0.2, 0) is 11.2 Å². The zero-order chi connectivity index (χ0) is 11.9. The van der Waals surface area contributed by atoms with Gasteiger partial charge in [0.25, 0.3) is 0 Å². The molecule has 2 aromatic heterocycles. The van der Waals surface area contributed by atoms with Crippen molar-refractivity contribution in [2.45, 2.75) is 6.42 Å². The van der Waals surface area contributed by atoms with Gasteiger partial charge in [-0.3, -0.25) is 4.98 Å². The lowest BCUT2D eigenvalue weighted by Crippen LogP contribution is -2.07. The van der Waals surface area contributed by atoms with Crippen molar-refractivity contribution in [1.29, 1.82) is 0 Å². The van der Waals surface area contributed by atoms with Crippen LogP contribution < -0.4 is 5.32 Å². The van der Waals surface area contributed by atoms with E-state index in [0.29, 0.717) is 6.61 Å². The van der Waals surface area contributed by atoms with Crippen LogP contribution in [0.15, 0.2) is 24.5 Å². The molecule has 0 aliphatic rings. The number of methoxy groups -OCH3 is 1. The predicted octanol–water partition coefficient (Wildman–Crippen LogP) is 1.58. The lowest BCUT2D eigenvalue weighted by Gasteiger charge is -1.99. The zero-order valence-corrected chi connectivity index (χ0v) is 10.4. The van der Waals surface area contributed by atoms with Gasteiger partial charge in [-0.1, -0.05) is 6.07 Å². The maximum absolute atomic E-state index is 4.95. The Hall–Kier alpha value is -1.53. The van der Waals surface area contributed by atoms with Crippen molar-refractivity contribution in [2.24, 2.45) is 0 Å². The van der Waals surface area contributed by atoms with E-state index in [1.807, 2.05) is 18.3 Å². The van der Waals surface area contributed by atoms with Crippen molar-refractivity contribution >= 4 is 16.7 Å². The van der Waals surface area contributed by atoms with Gasteiger partial charge in [-0.2, -0.15) is 4.37 Å². The summed E-state index contributed by atoms with van der Waals surface area (Å²) in [5.41, 5.74) is 1.12. The van der Waals surface area contributed by atoms with Crippen molar-refractivity contribution in [3.05, 3.63) is 35.9 Å². The molecule has 2 heterocycles. The summed E-state index contributed by atoms with van der Waals surface area (Å²) >= 11 is 1.37. The van der Waals surface area contributed by atoms with Crippen LogP contribution in [0, 0.1) is 0 Å². The average Bonchev–Trinajstić information content (AvgIpc) is 2.79. The summed E-state index contributed by atoms with van der Waals surface area (Å²) in [7, 11) is 1.68. The Kier molecular flexibility index (Phi) is 4.40. The van der Waals surface area contributed by atoms with E-state index in [1.165, 1.54) is 11.5 Å².